The Morgan fingerprint density at radius 1 is 1.17 bits per heavy atom. The van der Waals surface area contributed by atoms with Gasteiger partial charge in [0.25, 0.3) is 0 Å². The van der Waals surface area contributed by atoms with Gasteiger partial charge in [-0.15, -0.1) is 0 Å². The molecule has 0 saturated carbocycles. The molecule has 1 aromatic carbocycles. The lowest BCUT2D eigenvalue weighted by Crippen LogP contribution is -2.20. The predicted octanol–water partition coefficient (Wildman–Crippen LogP) is 2.98. The van der Waals surface area contributed by atoms with Crippen molar-refractivity contribution in [3.8, 4) is 0 Å². The second-order valence-corrected chi connectivity index (χ2v) is 4.07. The minimum atomic E-state index is -0.575. The molecule has 1 N–H and O–H groups in total. The zero-order valence-corrected chi connectivity index (χ0v) is 10.2. The monoisotopic (exact) mass is 248 g/mol. The van der Waals surface area contributed by atoms with Gasteiger partial charge in [0.15, 0.2) is 0 Å². The Hall–Kier alpha value is -1.81. The highest BCUT2D eigenvalue weighted by Gasteiger charge is 2.18. The third kappa shape index (κ3) is 2.38. The van der Waals surface area contributed by atoms with E-state index in [1.54, 1.807) is 19.3 Å². The van der Waals surface area contributed by atoms with Crippen LogP contribution < -0.4 is 5.32 Å². The highest BCUT2D eigenvalue weighted by atomic mass is 19.1. The fourth-order valence-corrected chi connectivity index (χ4v) is 2.02. The highest BCUT2D eigenvalue weighted by molar-refractivity contribution is 5.34. The summed E-state index contributed by atoms with van der Waals surface area (Å²) < 4.78 is 26.7. The van der Waals surface area contributed by atoms with Crippen LogP contribution in [0.2, 0.25) is 0 Å². The summed E-state index contributed by atoms with van der Waals surface area (Å²) in [5.41, 5.74) is 2.11. The maximum absolute atomic E-state index is 13.8. The van der Waals surface area contributed by atoms with Crippen LogP contribution in [0.1, 0.15) is 22.9 Å². The maximum atomic E-state index is 13.8. The van der Waals surface area contributed by atoms with Crippen molar-refractivity contribution in [3.63, 3.8) is 0 Å². The van der Waals surface area contributed by atoms with E-state index in [2.05, 4.69) is 10.3 Å². The van der Waals surface area contributed by atoms with E-state index in [4.69, 9.17) is 0 Å². The minimum absolute atomic E-state index is 0.334. The van der Waals surface area contributed by atoms with E-state index < -0.39 is 11.6 Å². The normalized spacial score (nSPS) is 12.4. The van der Waals surface area contributed by atoms with Gasteiger partial charge in [0.1, 0.15) is 11.6 Å². The first kappa shape index (κ1) is 12.6. The first-order chi connectivity index (χ1) is 8.63. The fourth-order valence-electron chi connectivity index (χ4n) is 2.02. The third-order valence-electron chi connectivity index (χ3n) is 2.92. The lowest BCUT2D eigenvalue weighted by Gasteiger charge is -2.19. The molecule has 0 spiro atoms. The molecule has 0 amide bonds. The van der Waals surface area contributed by atoms with Crippen molar-refractivity contribution < 1.29 is 8.78 Å². The molecule has 4 heteroatoms. The Kier molecular flexibility index (Phi) is 3.67. The van der Waals surface area contributed by atoms with Crippen molar-refractivity contribution in [2.75, 3.05) is 7.05 Å². The van der Waals surface area contributed by atoms with Crippen LogP contribution in [0.15, 0.2) is 36.5 Å². The molecule has 18 heavy (non-hydrogen) atoms. The van der Waals surface area contributed by atoms with Crippen molar-refractivity contribution in [2.24, 2.45) is 0 Å². The summed E-state index contributed by atoms with van der Waals surface area (Å²) in [4.78, 5) is 4.18. The molecule has 2 rings (SSSR count). The van der Waals surface area contributed by atoms with Gasteiger partial charge >= 0.3 is 0 Å². The summed E-state index contributed by atoms with van der Waals surface area (Å²) in [7, 11) is 1.74. The van der Waals surface area contributed by atoms with Gasteiger partial charge in [-0.2, -0.15) is 0 Å². The molecular formula is C14H14F2N2. The van der Waals surface area contributed by atoms with E-state index in [-0.39, 0.29) is 6.04 Å². The number of hydrogen-bond donors (Lipinski definition) is 1. The van der Waals surface area contributed by atoms with E-state index in [1.165, 1.54) is 12.1 Å². The largest absolute Gasteiger partial charge is 0.309 e. The molecule has 1 heterocycles. The van der Waals surface area contributed by atoms with E-state index in [0.29, 0.717) is 5.56 Å². The molecule has 94 valence electrons. The maximum Gasteiger partial charge on any atom is 0.131 e. The molecule has 0 aliphatic rings. The molecule has 0 radical (unpaired) electrons. The Balaban J connectivity index is 2.49. The summed E-state index contributed by atoms with van der Waals surface area (Å²) >= 11 is 0. The van der Waals surface area contributed by atoms with Gasteiger partial charge in [0.2, 0.25) is 0 Å². The summed E-state index contributed by atoms with van der Waals surface area (Å²) in [6, 6.07) is 6.96. The van der Waals surface area contributed by atoms with Crippen LogP contribution in [0.3, 0.4) is 0 Å². The smallest absolute Gasteiger partial charge is 0.131 e. The average Bonchev–Trinajstić information content (AvgIpc) is 2.34. The third-order valence-corrected chi connectivity index (χ3v) is 2.92. The van der Waals surface area contributed by atoms with Crippen molar-refractivity contribution in [1.82, 2.24) is 10.3 Å². The second-order valence-electron chi connectivity index (χ2n) is 4.07. The van der Waals surface area contributed by atoms with Crippen LogP contribution in [0.4, 0.5) is 8.78 Å². The number of nitrogens with one attached hydrogen (secondary N) is 1. The van der Waals surface area contributed by atoms with Crippen molar-refractivity contribution in [3.05, 3.63) is 65.0 Å². The molecule has 2 aromatic rings. The first-order valence-electron chi connectivity index (χ1n) is 5.67. The predicted molar refractivity (Wildman–Crippen MR) is 66.2 cm³/mol. The van der Waals surface area contributed by atoms with Crippen molar-refractivity contribution in [2.45, 2.75) is 13.0 Å². The molecule has 2 nitrogen and oxygen atoms in total. The molecule has 1 atom stereocenters. The SMILES string of the molecule is CNC(c1ccc(F)cc1F)c1cccnc1C. The fraction of sp³-hybridized carbons (Fsp3) is 0.214. The Labute approximate surface area is 105 Å². The number of aromatic nitrogens is 1. The molecule has 0 bridgehead atoms. The van der Waals surface area contributed by atoms with Gasteiger partial charge in [-0.25, -0.2) is 8.78 Å². The van der Waals surface area contributed by atoms with Crippen LogP contribution in [0.25, 0.3) is 0 Å². The number of hydrogen-bond acceptors (Lipinski definition) is 2. The number of nitrogens with zero attached hydrogens (tertiary/aromatic N) is 1. The lowest BCUT2D eigenvalue weighted by atomic mass is 9.97. The zero-order chi connectivity index (χ0) is 13.1. The second kappa shape index (κ2) is 5.23. The van der Waals surface area contributed by atoms with Crippen LogP contribution in [-0.4, -0.2) is 12.0 Å². The number of aryl methyl sites for hydroxylation is 1. The molecular weight excluding hydrogens is 234 g/mol. The van der Waals surface area contributed by atoms with Crippen molar-refractivity contribution >= 4 is 0 Å². The Bertz CT molecular complexity index is 555. The number of rotatable bonds is 3. The van der Waals surface area contributed by atoms with E-state index in [1.807, 2.05) is 13.0 Å². The Morgan fingerprint density at radius 3 is 2.56 bits per heavy atom. The van der Waals surface area contributed by atoms with Crippen LogP contribution >= 0.6 is 0 Å². The van der Waals surface area contributed by atoms with Crippen LogP contribution in [-0.2, 0) is 0 Å². The number of pyridine rings is 1. The quantitative estimate of drug-likeness (QED) is 0.903. The Morgan fingerprint density at radius 2 is 1.94 bits per heavy atom. The topological polar surface area (TPSA) is 24.9 Å². The summed E-state index contributed by atoms with van der Waals surface area (Å²) in [5.74, 6) is -1.13. The number of benzene rings is 1. The van der Waals surface area contributed by atoms with Crippen LogP contribution in [0.5, 0.6) is 0 Å². The van der Waals surface area contributed by atoms with Crippen LogP contribution in [0, 0.1) is 18.6 Å². The van der Waals surface area contributed by atoms with Gasteiger partial charge in [0.05, 0.1) is 6.04 Å². The summed E-state index contributed by atoms with van der Waals surface area (Å²) in [6.45, 7) is 1.86. The van der Waals surface area contributed by atoms with E-state index in [9.17, 15) is 8.78 Å². The number of halogens is 2. The molecule has 0 fully saturated rings. The molecule has 0 aliphatic heterocycles. The average molecular weight is 248 g/mol. The van der Waals surface area contributed by atoms with Crippen molar-refractivity contribution in [1.29, 1.82) is 0 Å². The first-order valence-corrected chi connectivity index (χ1v) is 5.67. The van der Waals surface area contributed by atoms with Gasteiger partial charge < -0.3 is 5.32 Å². The van der Waals surface area contributed by atoms with E-state index in [0.717, 1.165) is 17.3 Å². The summed E-state index contributed by atoms with van der Waals surface area (Å²) in [6.07, 6.45) is 1.69. The zero-order valence-electron chi connectivity index (χ0n) is 10.2. The minimum Gasteiger partial charge on any atom is -0.309 e. The highest BCUT2D eigenvalue weighted by Crippen LogP contribution is 2.25. The molecule has 0 aliphatic carbocycles. The van der Waals surface area contributed by atoms with Gasteiger partial charge in [-0.1, -0.05) is 12.1 Å². The standard InChI is InChI=1S/C14H14F2N2/c1-9-11(4-3-7-18-9)14(17-2)12-6-5-10(15)8-13(12)16/h3-8,14,17H,1-2H3. The van der Waals surface area contributed by atoms with E-state index >= 15 is 0 Å². The molecule has 1 aromatic heterocycles. The molecule has 0 saturated heterocycles. The lowest BCUT2D eigenvalue weighted by molar-refractivity contribution is 0.550. The molecule has 1 unspecified atom stereocenters. The summed E-state index contributed by atoms with van der Waals surface area (Å²) in [5, 5.41) is 3.03. The van der Waals surface area contributed by atoms with Gasteiger partial charge in [-0.3, -0.25) is 4.98 Å². The van der Waals surface area contributed by atoms with Gasteiger partial charge in [-0.05, 0) is 31.7 Å². The van der Waals surface area contributed by atoms with Gasteiger partial charge in [0, 0.05) is 23.5 Å².